The van der Waals surface area contributed by atoms with Crippen LogP contribution in [0.25, 0.3) is 0 Å². The highest BCUT2D eigenvalue weighted by atomic mass is 35.5. The molecule has 1 rings (SSSR count). The first kappa shape index (κ1) is 12.3. The minimum atomic E-state index is 0. The normalized spacial score (nSPS) is 9.00. The van der Waals surface area contributed by atoms with Crippen LogP contribution >= 0.6 is 12.4 Å². The van der Waals surface area contributed by atoms with E-state index < -0.39 is 0 Å². The standard InChI is InChI=1S/C10H15NO.ClH/c11-8-4-5-9-12-10-6-2-1-3-7-10;/h1-3,6-7H,4-5,8-9,11H2;1H. The third kappa shape index (κ3) is 5.50. The summed E-state index contributed by atoms with van der Waals surface area (Å²) >= 11 is 0. The lowest BCUT2D eigenvalue weighted by Crippen LogP contribution is -2.03. The number of hydrogen-bond donors (Lipinski definition) is 1. The molecular formula is C10H16ClNO. The maximum absolute atomic E-state index is 5.45. The molecule has 74 valence electrons. The Morgan fingerprint density at radius 1 is 1.08 bits per heavy atom. The van der Waals surface area contributed by atoms with Gasteiger partial charge in [0, 0.05) is 0 Å². The van der Waals surface area contributed by atoms with E-state index in [1.807, 2.05) is 30.3 Å². The molecule has 0 atom stereocenters. The Morgan fingerprint density at radius 3 is 2.38 bits per heavy atom. The SMILES string of the molecule is Cl.NCCCCOc1ccccc1. The summed E-state index contributed by atoms with van der Waals surface area (Å²) in [6, 6.07) is 9.84. The summed E-state index contributed by atoms with van der Waals surface area (Å²) in [4.78, 5) is 0. The largest absolute Gasteiger partial charge is 0.494 e. The van der Waals surface area contributed by atoms with Crippen LogP contribution in [0, 0.1) is 0 Å². The van der Waals surface area contributed by atoms with E-state index in [4.69, 9.17) is 10.5 Å². The summed E-state index contributed by atoms with van der Waals surface area (Å²) in [5.74, 6) is 0.939. The van der Waals surface area contributed by atoms with E-state index in [-0.39, 0.29) is 12.4 Å². The first-order chi connectivity index (χ1) is 5.93. The molecule has 0 saturated carbocycles. The number of nitrogens with two attached hydrogens (primary N) is 1. The van der Waals surface area contributed by atoms with Crippen LogP contribution in [0.5, 0.6) is 5.75 Å². The minimum Gasteiger partial charge on any atom is -0.494 e. The molecule has 0 unspecified atom stereocenters. The quantitative estimate of drug-likeness (QED) is 0.742. The molecule has 0 heterocycles. The van der Waals surface area contributed by atoms with Gasteiger partial charge >= 0.3 is 0 Å². The van der Waals surface area contributed by atoms with Crippen LogP contribution in [-0.4, -0.2) is 13.2 Å². The Bertz CT molecular complexity index is 203. The number of para-hydroxylation sites is 1. The lowest BCUT2D eigenvalue weighted by atomic mass is 10.3. The second-order valence-electron chi connectivity index (χ2n) is 2.66. The van der Waals surface area contributed by atoms with Gasteiger partial charge in [0.05, 0.1) is 6.61 Å². The summed E-state index contributed by atoms with van der Waals surface area (Å²) < 4.78 is 5.45. The van der Waals surface area contributed by atoms with Crippen LogP contribution in [0.3, 0.4) is 0 Å². The highest BCUT2D eigenvalue weighted by molar-refractivity contribution is 5.85. The van der Waals surface area contributed by atoms with E-state index in [9.17, 15) is 0 Å². The Kier molecular flexibility index (Phi) is 7.45. The summed E-state index contributed by atoms with van der Waals surface area (Å²) in [5, 5.41) is 0. The van der Waals surface area contributed by atoms with Gasteiger partial charge in [0.2, 0.25) is 0 Å². The number of halogens is 1. The second-order valence-corrected chi connectivity index (χ2v) is 2.66. The Morgan fingerprint density at radius 2 is 1.77 bits per heavy atom. The smallest absolute Gasteiger partial charge is 0.119 e. The van der Waals surface area contributed by atoms with E-state index in [0.29, 0.717) is 0 Å². The van der Waals surface area contributed by atoms with Crippen molar-refractivity contribution in [3.05, 3.63) is 30.3 Å². The number of ether oxygens (including phenoxy) is 1. The fourth-order valence-electron chi connectivity index (χ4n) is 0.953. The van der Waals surface area contributed by atoms with Crippen LogP contribution in [0.15, 0.2) is 30.3 Å². The molecule has 3 heteroatoms. The summed E-state index contributed by atoms with van der Waals surface area (Å²) in [5.41, 5.74) is 5.35. The van der Waals surface area contributed by atoms with Crippen molar-refractivity contribution < 1.29 is 4.74 Å². The van der Waals surface area contributed by atoms with E-state index in [2.05, 4.69) is 0 Å². The monoisotopic (exact) mass is 201 g/mol. The summed E-state index contributed by atoms with van der Waals surface area (Å²) in [7, 11) is 0. The van der Waals surface area contributed by atoms with Gasteiger partial charge in [0.25, 0.3) is 0 Å². The zero-order valence-electron chi connectivity index (χ0n) is 7.61. The summed E-state index contributed by atoms with van der Waals surface area (Å²) in [6.07, 6.45) is 2.07. The third-order valence-electron chi connectivity index (χ3n) is 1.61. The van der Waals surface area contributed by atoms with Crippen molar-refractivity contribution in [2.45, 2.75) is 12.8 Å². The molecule has 1 aromatic rings. The number of hydrogen-bond acceptors (Lipinski definition) is 2. The van der Waals surface area contributed by atoms with Gasteiger partial charge in [-0.15, -0.1) is 12.4 Å². The van der Waals surface area contributed by atoms with Crippen LogP contribution in [0.1, 0.15) is 12.8 Å². The first-order valence-electron chi connectivity index (χ1n) is 4.31. The molecule has 2 nitrogen and oxygen atoms in total. The molecule has 0 saturated heterocycles. The van der Waals surface area contributed by atoms with E-state index in [1.165, 1.54) is 0 Å². The first-order valence-corrected chi connectivity index (χ1v) is 4.31. The van der Waals surface area contributed by atoms with Crippen molar-refractivity contribution in [2.75, 3.05) is 13.2 Å². The zero-order valence-corrected chi connectivity index (χ0v) is 8.43. The van der Waals surface area contributed by atoms with Crippen LogP contribution in [-0.2, 0) is 0 Å². The fraction of sp³-hybridized carbons (Fsp3) is 0.400. The fourth-order valence-corrected chi connectivity index (χ4v) is 0.953. The van der Waals surface area contributed by atoms with Crippen molar-refractivity contribution in [1.29, 1.82) is 0 Å². The van der Waals surface area contributed by atoms with E-state index in [0.717, 1.165) is 31.7 Å². The van der Waals surface area contributed by atoms with Crippen molar-refractivity contribution >= 4 is 12.4 Å². The molecule has 0 amide bonds. The Balaban J connectivity index is 0.00000144. The van der Waals surface area contributed by atoms with Gasteiger partial charge in [-0.25, -0.2) is 0 Å². The molecule has 0 aliphatic carbocycles. The Hall–Kier alpha value is -0.730. The molecule has 2 N–H and O–H groups in total. The van der Waals surface area contributed by atoms with E-state index in [1.54, 1.807) is 0 Å². The molecule has 0 radical (unpaired) electrons. The molecule has 0 fully saturated rings. The summed E-state index contributed by atoms with van der Waals surface area (Å²) in [6.45, 7) is 1.51. The molecule has 0 bridgehead atoms. The highest BCUT2D eigenvalue weighted by Crippen LogP contribution is 2.08. The van der Waals surface area contributed by atoms with Gasteiger partial charge in [-0.3, -0.25) is 0 Å². The topological polar surface area (TPSA) is 35.2 Å². The van der Waals surface area contributed by atoms with Gasteiger partial charge in [-0.2, -0.15) is 0 Å². The van der Waals surface area contributed by atoms with Gasteiger partial charge in [-0.05, 0) is 31.5 Å². The van der Waals surface area contributed by atoms with Crippen LogP contribution < -0.4 is 10.5 Å². The third-order valence-corrected chi connectivity index (χ3v) is 1.61. The number of rotatable bonds is 5. The minimum absolute atomic E-state index is 0. The average Bonchev–Trinajstić information content (AvgIpc) is 2.14. The lowest BCUT2D eigenvalue weighted by Gasteiger charge is -2.04. The molecule has 0 aliphatic heterocycles. The highest BCUT2D eigenvalue weighted by Gasteiger charge is 1.89. The Labute approximate surface area is 85.5 Å². The molecule has 1 aromatic carbocycles. The van der Waals surface area contributed by atoms with Gasteiger partial charge in [-0.1, -0.05) is 18.2 Å². The van der Waals surface area contributed by atoms with Gasteiger partial charge in [0.1, 0.15) is 5.75 Å². The van der Waals surface area contributed by atoms with Gasteiger partial charge < -0.3 is 10.5 Å². The molecule has 13 heavy (non-hydrogen) atoms. The number of unbranched alkanes of at least 4 members (excludes halogenated alkanes) is 1. The molecule has 0 aliphatic rings. The van der Waals surface area contributed by atoms with Crippen LogP contribution in [0.2, 0.25) is 0 Å². The van der Waals surface area contributed by atoms with E-state index >= 15 is 0 Å². The molecule has 0 aromatic heterocycles. The average molecular weight is 202 g/mol. The van der Waals surface area contributed by atoms with Crippen molar-refractivity contribution in [1.82, 2.24) is 0 Å². The molecular weight excluding hydrogens is 186 g/mol. The van der Waals surface area contributed by atoms with Gasteiger partial charge in [0.15, 0.2) is 0 Å². The maximum atomic E-state index is 5.45. The van der Waals surface area contributed by atoms with Crippen molar-refractivity contribution in [2.24, 2.45) is 5.73 Å². The van der Waals surface area contributed by atoms with Crippen LogP contribution in [0.4, 0.5) is 0 Å². The lowest BCUT2D eigenvalue weighted by molar-refractivity contribution is 0.308. The van der Waals surface area contributed by atoms with Crippen molar-refractivity contribution in [3.63, 3.8) is 0 Å². The number of benzene rings is 1. The zero-order chi connectivity index (χ0) is 8.65. The second kappa shape index (κ2) is 7.90. The maximum Gasteiger partial charge on any atom is 0.119 e. The predicted molar refractivity (Wildman–Crippen MR) is 57.5 cm³/mol. The molecule has 0 spiro atoms. The predicted octanol–water partition coefficient (Wildman–Crippen LogP) is 2.23. The van der Waals surface area contributed by atoms with Crippen molar-refractivity contribution in [3.8, 4) is 5.75 Å².